The monoisotopic (exact) mass is 452 g/mol. The quantitative estimate of drug-likeness (QED) is 0.428. The number of carbonyl (C=O) groups is 1. The van der Waals surface area contributed by atoms with Crippen molar-refractivity contribution in [1.82, 2.24) is 15.0 Å². The van der Waals surface area contributed by atoms with Gasteiger partial charge < -0.3 is 14.3 Å². The van der Waals surface area contributed by atoms with Crippen LogP contribution in [0.5, 0.6) is 0 Å². The van der Waals surface area contributed by atoms with E-state index >= 15 is 0 Å². The number of rotatable bonds is 3. The molecule has 8 heteroatoms. The fraction of sp³-hybridized carbons (Fsp3) is 0.261. The molecule has 2 aromatic carbocycles. The van der Waals surface area contributed by atoms with Gasteiger partial charge in [-0.2, -0.15) is 0 Å². The summed E-state index contributed by atoms with van der Waals surface area (Å²) < 4.78 is 6.57. The first-order valence-corrected chi connectivity index (χ1v) is 11.3. The molecule has 4 aromatic rings. The topological polar surface area (TPSA) is 62.5 Å². The summed E-state index contributed by atoms with van der Waals surface area (Å²) in [6.45, 7) is 6.54. The molecular weight excluding hydrogens is 432 g/mol. The largest absolute Gasteiger partial charge is 0.360 e. The lowest BCUT2D eigenvalue weighted by molar-refractivity contribution is 0.0745. The number of hydrogen-bond acceptors (Lipinski definition) is 6. The molecule has 0 radical (unpaired) electrons. The van der Waals surface area contributed by atoms with E-state index in [1.165, 1.54) is 10.3 Å². The van der Waals surface area contributed by atoms with E-state index in [1.807, 2.05) is 23.1 Å². The first kappa shape index (κ1) is 20.0. The zero-order chi connectivity index (χ0) is 21.5. The molecule has 0 saturated carbocycles. The first-order chi connectivity index (χ1) is 15.0. The van der Waals surface area contributed by atoms with Crippen molar-refractivity contribution in [2.24, 2.45) is 0 Å². The molecule has 1 aliphatic heterocycles. The van der Waals surface area contributed by atoms with Crippen LogP contribution in [0.25, 0.3) is 21.5 Å². The number of piperazine rings is 1. The molecule has 6 nitrogen and oxygen atoms in total. The molecule has 0 bridgehead atoms. The van der Waals surface area contributed by atoms with E-state index in [-0.39, 0.29) is 5.91 Å². The van der Waals surface area contributed by atoms with Crippen LogP contribution < -0.4 is 4.90 Å². The van der Waals surface area contributed by atoms with Gasteiger partial charge in [0.15, 0.2) is 5.13 Å². The average Bonchev–Trinajstić information content (AvgIpc) is 3.37. The molecule has 5 rings (SSSR count). The summed E-state index contributed by atoms with van der Waals surface area (Å²) in [4.78, 5) is 22.2. The predicted molar refractivity (Wildman–Crippen MR) is 124 cm³/mol. The number of aryl methyl sites for hydroxylation is 2. The molecule has 31 heavy (non-hydrogen) atoms. The smallest absolute Gasteiger partial charge is 0.259 e. The Hall–Kier alpha value is -2.90. The second kappa shape index (κ2) is 7.98. The maximum absolute atomic E-state index is 13.4. The summed E-state index contributed by atoms with van der Waals surface area (Å²) in [6, 6.07) is 13.7. The zero-order valence-electron chi connectivity index (χ0n) is 17.3. The molecule has 1 saturated heterocycles. The third kappa shape index (κ3) is 3.68. The number of amides is 1. The first-order valence-electron chi connectivity index (χ1n) is 10.1. The molecule has 0 unspecified atom stereocenters. The molecule has 1 amide bonds. The Balaban J connectivity index is 1.35. The van der Waals surface area contributed by atoms with Crippen LogP contribution in [-0.2, 0) is 0 Å². The third-order valence-corrected chi connectivity index (χ3v) is 6.98. The summed E-state index contributed by atoms with van der Waals surface area (Å²) in [7, 11) is 0. The Labute approximate surface area is 189 Å². The van der Waals surface area contributed by atoms with E-state index < -0.39 is 0 Å². The fourth-order valence-electron chi connectivity index (χ4n) is 3.87. The summed E-state index contributed by atoms with van der Waals surface area (Å²) in [6.07, 6.45) is 0. The van der Waals surface area contributed by atoms with Gasteiger partial charge >= 0.3 is 0 Å². The third-order valence-electron chi connectivity index (χ3n) is 5.58. The minimum Gasteiger partial charge on any atom is -0.360 e. The molecule has 2 aromatic heterocycles. The predicted octanol–water partition coefficient (Wildman–Crippen LogP) is 5.18. The van der Waals surface area contributed by atoms with Gasteiger partial charge in [0.25, 0.3) is 5.91 Å². The van der Waals surface area contributed by atoms with E-state index in [4.69, 9.17) is 21.1 Å². The number of benzene rings is 2. The van der Waals surface area contributed by atoms with Gasteiger partial charge in [-0.25, -0.2) is 4.98 Å². The van der Waals surface area contributed by atoms with Crippen LogP contribution in [0.15, 0.2) is 47.0 Å². The van der Waals surface area contributed by atoms with Crippen molar-refractivity contribution in [3.8, 4) is 11.3 Å². The highest BCUT2D eigenvalue weighted by Crippen LogP contribution is 2.33. The number of nitrogens with zero attached hydrogens (tertiary/aromatic N) is 4. The van der Waals surface area contributed by atoms with Crippen molar-refractivity contribution in [3.05, 3.63) is 64.4 Å². The number of hydrogen-bond donors (Lipinski definition) is 0. The van der Waals surface area contributed by atoms with Crippen molar-refractivity contribution in [1.29, 1.82) is 0 Å². The van der Waals surface area contributed by atoms with Crippen molar-refractivity contribution in [3.63, 3.8) is 0 Å². The molecule has 0 aliphatic carbocycles. The van der Waals surface area contributed by atoms with Gasteiger partial charge in [0.05, 0.1) is 15.2 Å². The van der Waals surface area contributed by atoms with E-state index in [1.54, 1.807) is 24.3 Å². The van der Waals surface area contributed by atoms with E-state index in [2.05, 4.69) is 35.2 Å². The molecule has 0 N–H and O–H groups in total. The second-order valence-electron chi connectivity index (χ2n) is 7.69. The van der Waals surface area contributed by atoms with Crippen LogP contribution in [0.3, 0.4) is 0 Å². The van der Waals surface area contributed by atoms with E-state index in [0.29, 0.717) is 40.7 Å². The highest BCUT2D eigenvalue weighted by Gasteiger charge is 2.30. The SMILES string of the molecule is Cc1ccc2nc(N3CCN(C(=O)c4c(-c5ccccc5Cl)noc4C)CC3)sc2c1. The zero-order valence-corrected chi connectivity index (χ0v) is 18.8. The van der Waals surface area contributed by atoms with Crippen molar-refractivity contribution in [2.75, 3.05) is 31.1 Å². The van der Waals surface area contributed by atoms with Crippen LogP contribution >= 0.6 is 22.9 Å². The van der Waals surface area contributed by atoms with Gasteiger partial charge in [-0.15, -0.1) is 0 Å². The van der Waals surface area contributed by atoms with E-state index in [9.17, 15) is 4.79 Å². The van der Waals surface area contributed by atoms with E-state index in [0.717, 1.165) is 23.7 Å². The highest BCUT2D eigenvalue weighted by atomic mass is 35.5. The Morgan fingerprint density at radius 3 is 2.65 bits per heavy atom. The molecule has 3 heterocycles. The maximum Gasteiger partial charge on any atom is 0.259 e. The van der Waals surface area contributed by atoms with Gasteiger partial charge in [-0.3, -0.25) is 4.79 Å². The maximum atomic E-state index is 13.4. The number of carbonyl (C=O) groups excluding carboxylic acids is 1. The van der Waals surface area contributed by atoms with Gasteiger partial charge in [0, 0.05) is 31.7 Å². The minimum absolute atomic E-state index is 0.0757. The van der Waals surface area contributed by atoms with Crippen molar-refractivity contribution in [2.45, 2.75) is 13.8 Å². The fourth-order valence-corrected chi connectivity index (χ4v) is 5.22. The Kier molecular flexibility index (Phi) is 5.16. The number of halogens is 1. The molecule has 0 atom stereocenters. The summed E-state index contributed by atoms with van der Waals surface area (Å²) in [5, 5.41) is 5.68. The van der Waals surface area contributed by atoms with Gasteiger partial charge in [-0.1, -0.05) is 52.4 Å². The Morgan fingerprint density at radius 1 is 1.10 bits per heavy atom. The summed E-state index contributed by atoms with van der Waals surface area (Å²) in [5.74, 6) is 0.428. The van der Waals surface area contributed by atoms with Gasteiger partial charge in [0.2, 0.25) is 0 Å². The van der Waals surface area contributed by atoms with Crippen LogP contribution in [0, 0.1) is 13.8 Å². The van der Waals surface area contributed by atoms with Crippen LogP contribution in [0.4, 0.5) is 5.13 Å². The van der Waals surface area contributed by atoms with Gasteiger partial charge in [-0.05, 0) is 37.6 Å². The second-order valence-corrected chi connectivity index (χ2v) is 9.11. The standard InChI is InChI=1S/C23H21ClN4O2S/c1-14-7-8-18-19(13-14)31-23(25-18)28-11-9-27(10-12-28)22(29)20-15(2)30-26-21(20)16-5-3-4-6-17(16)24/h3-8,13H,9-12H2,1-2H3. The number of aromatic nitrogens is 2. The van der Waals surface area contributed by atoms with Crippen molar-refractivity contribution < 1.29 is 9.32 Å². The van der Waals surface area contributed by atoms with Crippen LogP contribution in [-0.4, -0.2) is 47.1 Å². The number of anilines is 1. The Bertz CT molecular complexity index is 1270. The van der Waals surface area contributed by atoms with Crippen LogP contribution in [0.1, 0.15) is 21.7 Å². The summed E-state index contributed by atoms with van der Waals surface area (Å²) in [5.41, 5.74) is 3.94. The normalized spacial score (nSPS) is 14.4. The number of fused-ring (bicyclic) bond motifs is 1. The van der Waals surface area contributed by atoms with Gasteiger partial charge in [0.1, 0.15) is 17.0 Å². The number of thiazole rings is 1. The van der Waals surface area contributed by atoms with Crippen molar-refractivity contribution >= 4 is 44.2 Å². The molecule has 0 spiro atoms. The Morgan fingerprint density at radius 2 is 1.87 bits per heavy atom. The molecule has 158 valence electrons. The minimum atomic E-state index is -0.0757. The average molecular weight is 453 g/mol. The molecule has 1 fully saturated rings. The lowest BCUT2D eigenvalue weighted by atomic mass is 10.0. The summed E-state index contributed by atoms with van der Waals surface area (Å²) >= 11 is 8.04. The molecule has 1 aliphatic rings. The van der Waals surface area contributed by atoms with Crippen LogP contribution in [0.2, 0.25) is 5.02 Å². The lowest BCUT2D eigenvalue weighted by Crippen LogP contribution is -2.49. The highest BCUT2D eigenvalue weighted by molar-refractivity contribution is 7.22. The molecular formula is C23H21ClN4O2S. The lowest BCUT2D eigenvalue weighted by Gasteiger charge is -2.34.